The van der Waals surface area contributed by atoms with Crippen molar-refractivity contribution in [2.24, 2.45) is 0 Å². The normalized spacial score (nSPS) is 18.1. The topological polar surface area (TPSA) is 55.9 Å². The largest absolute Gasteiger partial charge is 0.371 e. The van der Waals surface area contributed by atoms with Crippen molar-refractivity contribution in [3.05, 3.63) is 65.2 Å². The maximum absolute atomic E-state index is 13.2. The third-order valence-electron chi connectivity index (χ3n) is 6.49. The van der Waals surface area contributed by atoms with E-state index in [0.29, 0.717) is 0 Å². The Morgan fingerprint density at radius 2 is 1.45 bits per heavy atom. The van der Waals surface area contributed by atoms with Crippen LogP contribution in [-0.4, -0.2) is 74.0 Å². The molecule has 1 N–H and O–H groups in total. The van der Waals surface area contributed by atoms with E-state index in [4.69, 9.17) is 0 Å². The molecule has 2 fully saturated rings. The highest BCUT2D eigenvalue weighted by Gasteiger charge is 2.27. The average Bonchev–Trinajstić information content (AvgIpc) is 2.80. The fourth-order valence-corrected chi connectivity index (χ4v) is 4.47. The summed E-state index contributed by atoms with van der Waals surface area (Å²) in [6.45, 7) is 7.00. The van der Waals surface area contributed by atoms with Crippen LogP contribution in [0.4, 0.5) is 5.69 Å². The summed E-state index contributed by atoms with van der Waals surface area (Å²) in [5.74, 6) is 0.126. The maximum Gasteiger partial charge on any atom is 0.256 e. The molecular weight excluding hydrogens is 388 g/mol. The predicted octanol–water partition coefficient (Wildman–Crippen LogP) is 2.78. The average molecular weight is 421 g/mol. The zero-order chi connectivity index (χ0) is 21.8. The van der Waals surface area contributed by atoms with Crippen molar-refractivity contribution in [1.82, 2.24) is 15.1 Å². The number of hydrogen-bond acceptors (Lipinski definition) is 4. The Labute approximate surface area is 184 Å². The van der Waals surface area contributed by atoms with Crippen molar-refractivity contribution < 1.29 is 9.59 Å². The molecule has 2 saturated heterocycles. The fourth-order valence-electron chi connectivity index (χ4n) is 4.47. The number of benzene rings is 2. The molecule has 31 heavy (non-hydrogen) atoms. The van der Waals surface area contributed by atoms with Crippen LogP contribution in [0.1, 0.15) is 39.1 Å². The summed E-state index contributed by atoms with van der Waals surface area (Å²) in [6.07, 6.45) is 1.74. The summed E-state index contributed by atoms with van der Waals surface area (Å²) >= 11 is 0. The number of piperidine rings is 1. The van der Waals surface area contributed by atoms with Crippen molar-refractivity contribution in [1.29, 1.82) is 0 Å². The number of likely N-dealkylation sites (N-methyl/N-ethyl adjacent to an activating group) is 1. The smallest absolute Gasteiger partial charge is 0.256 e. The van der Waals surface area contributed by atoms with Gasteiger partial charge in [0.05, 0.1) is 5.56 Å². The number of para-hydroxylation sites is 1. The van der Waals surface area contributed by atoms with Gasteiger partial charge in [0.25, 0.3) is 11.8 Å². The van der Waals surface area contributed by atoms with E-state index in [9.17, 15) is 9.59 Å². The van der Waals surface area contributed by atoms with Gasteiger partial charge >= 0.3 is 0 Å². The minimum atomic E-state index is 0.00203. The third-order valence-corrected chi connectivity index (χ3v) is 6.49. The number of rotatable bonds is 4. The van der Waals surface area contributed by atoms with E-state index in [1.807, 2.05) is 54.3 Å². The molecule has 164 valence electrons. The molecule has 2 amide bonds. The summed E-state index contributed by atoms with van der Waals surface area (Å²) in [5, 5.41) is 3.20. The van der Waals surface area contributed by atoms with Gasteiger partial charge in [0.2, 0.25) is 0 Å². The SMILES string of the molecule is Cc1ccccc1C(=O)NC1CCN(c2ccccc2C(=O)N2CCN(C)CC2)CC1. The molecular formula is C25H32N4O2. The molecule has 0 saturated carbocycles. The van der Waals surface area contributed by atoms with Crippen LogP contribution >= 0.6 is 0 Å². The first-order chi connectivity index (χ1) is 15.0. The van der Waals surface area contributed by atoms with Crippen LogP contribution in [0, 0.1) is 6.92 Å². The first-order valence-corrected chi connectivity index (χ1v) is 11.2. The Morgan fingerprint density at radius 3 is 2.13 bits per heavy atom. The molecule has 2 heterocycles. The van der Waals surface area contributed by atoms with Gasteiger partial charge in [0.15, 0.2) is 0 Å². The molecule has 0 bridgehead atoms. The van der Waals surface area contributed by atoms with E-state index < -0.39 is 0 Å². The first kappa shape index (κ1) is 21.4. The lowest BCUT2D eigenvalue weighted by molar-refractivity contribution is 0.0664. The molecule has 2 aliphatic rings. The van der Waals surface area contributed by atoms with Crippen LogP contribution in [-0.2, 0) is 0 Å². The van der Waals surface area contributed by atoms with Gasteiger partial charge in [-0.3, -0.25) is 9.59 Å². The number of piperazine rings is 1. The van der Waals surface area contributed by atoms with Gasteiger partial charge in [-0.05, 0) is 50.6 Å². The summed E-state index contributed by atoms with van der Waals surface area (Å²) in [4.78, 5) is 32.4. The number of anilines is 1. The molecule has 2 aliphatic heterocycles. The summed E-state index contributed by atoms with van der Waals surface area (Å²) in [7, 11) is 2.10. The van der Waals surface area contributed by atoms with Crippen LogP contribution in [0.25, 0.3) is 0 Å². The van der Waals surface area contributed by atoms with Gasteiger partial charge in [0, 0.05) is 56.6 Å². The van der Waals surface area contributed by atoms with Crippen LogP contribution in [0.2, 0.25) is 0 Å². The Morgan fingerprint density at radius 1 is 0.839 bits per heavy atom. The molecule has 6 nitrogen and oxygen atoms in total. The lowest BCUT2D eigenvalue weighted by Crippen LogP contribution is -2.48. The van der Waals surface area contributed by atoms with Gasteiger partial charge in [-0.2, -0.15) is 0 Å². The first-order valence-electron chi connectivity index (χ1n) is 11.2. The molecule has 0 radical (unpaired) electrons. The molecule has 0 spiro atoms. The Hall–Kier alpha value is -2.86. The molecule has 0 atom stereocenters. The summed E-state index contributed by atoms with van der Waals surface area (Å²) in [5.41, 5.74) is 3.53. The maximum atomic E-state index is 13.2. The van der Waals surface area contributed by atoms with Gasteiger partial charge < -0.3 is 20.0 Å². The molecule has 0 aliphatic carbocycles. The molecule has 0 aromatic heterocycles. The van der Waals surface area contributed by atoms with E-state index in [-0.39, 0.29) is 17.9 Å². The van der Waals surface area contributed by atoms with Crippen LogP contribution in [0.5, 0.6) is 0 Å². The Balaban J connectivity index is 1.38. The highest BCUT2D eigenvalue weighted by molar-refractivity contribution is 6.00. The van der Waals surface area contributed by atoms with Crippen molar-refractivity contribution >= 4 is 17.5 Å². The molecule has 0 unspecified atom stereocenters. The number of carbonyl (C=O) groups excluding carboxylic acids is 2. The second-order valence-electron chi connectivity index (χ2n) is 8.66. The Kier molecular flexibility index (Phi) is 6.56. The molecule has 2 aromatic rings. The van der Waals surface area contributed by atoms with E-state index in [1.165, 1.54) is 0 Å². The van der Waals surface area contributed by atoms with Crippen molar-refractivity contribution in [3.63, 3.8) is 0 Å². The minimum absolute atomic E-state index is 0.00203. The third kappa shape index (κ3) is 4.90. The zero-order valence-electron chi connectivity index (χ0n) is 18.5. The monoisotopic (exact) mass is 420 g/mol. The summed E-state index contributed by atoms with van der Waals surface area (Å²) in [6, 6.07) is 15.8. The van der Waals surface area contributed by atoms with Gasteiger partial charge in [-0.15, -0.1) is 0 Å². The number of hydrogen-bond donors (Lipinski definition) is 1. The standard InChI is InChI=1S/C25H32N4O2/c1-19-7-3-4-8-21(19)24(30)26-20-11-13-28(14-12-20)23-10-6-5-9-22(23)25(31)29-17-15-27(2)16-18-29/h3-10,20H,11-18H2,1-2H3,(H,26,30). The van der Waals surface area contributed by atoms with E-state index in [0.717, 1.165) is 74.5 Å². The van der Waals surface area contributed by atoms with Gasteiger partial charge in [0.1, 0.15) is 0 Å². The Bertz CT molecular complexity index is 929. The second kappa shape index (κ2) is 9.52. The van der Waals surface area contributed by atoms with Crippen molar-refractivity contribution in [2.75, 3.05) is 51.2 Å². The lowest BCUT2D eigenvalue weighted by atomic mass is 10.0. The second-order valence-corrected chi connectivity index (χ2v) is 8.66. The molecule has 6 heteroatoms. The van der Waals surface area contributed by atoms with Crippen LogP contribution in [0.15, 0.2) is 48.5 Å². The number of amides is 2. The van der Waals surface area contributed by atoms with E-state index >= 15 is 0 Å². The lowest BCUT2D eigenvalue weighted by Gasteiger charge is -2.36. The van der Waals surface area contributed by atoms with Crippen LogP contribution in [0.3, 0.4) is 0 Å². The number of aryl methyl sites for hydroxylation is 1. The number of nitrogens with zero attached hydrogens (tertiary/aromatic N) is 3. The number of nitrogens with one attached hydrogen (secondary N) is 1. The van der Waals surface area contributed by atoms with Crippen LogP contribution < -0.4 is 10.2 Å². The quantitative estimate of drug-likeness (QED) is 0.827. The predicted molar refractivity (Wildman–Crippen MR) is 124 cm³/mol. The van der Waals surface area contributed by atoms with Gasteiger partial charge in [-0.1, -0.05) is 30.3 Å². The number of carbonyl (C=O) groups is 2. The highest BCUT2D eigenvalue weighted by Crippen LogP contribution is 2.26. The molecule has 4 rings (SSSR count). The molecule has 2 aromatic carbocycles. The fraction of sp³-hybridized carbons (Fsp3) is 0.440. The highest BCUT2D eigenvalue weighted by atomic mass is 16.2. The van der Waals surface area contributed by atoms with Gasteiger partial charge in [-0.25, -0.2) is 0 Å². The van der Waals surface area contributed by atoms with E-state index in [2.05, 4.69) is 28.2 Å². The van der Waals surface area contributed by atoms with E-state index in [1.54, 1.807) is 0 Å². The minimum Gasteiger partial charge on any atom is -0.371 e. The van der Waals surface area contributed by atoms with Crippen molar-refractivity contribution in [3.8, 4) is 0 Å². The van der Waals surface area contributed by atoms with Crippen molar-refractivity contribution in [2.45, 2.75) is 25.8 Å². The zero-order valence-corrected chi connectivity index (χ0v) is 18.5. The summed E-state index contributed by atoms with van der Waals surface area (Å²) < 4.78 is 0.